The molecule has 1 aliphatic carbocycles. The van der Waals surface area contributed by atoms with Crippen LogP contribution in [0.2, 0.25) is 0 Å². The number of hydrogen-bond acceptors (Lipinski definition) is 3. The first-order chi connectivity index (χ1) is 7.05. The van der Waals surface area contributed by atoms with Crippen molar-refractivity contribution < 1.29 is 17.9 Å². The highest BCUT2D eigenvalue weighted by molar-refractivity contribution is 7.89. The Morgan fingerprint density at radius 1 is 1.40 bits per heavy atom. The Morgan fingerprint density at radius 2 is 2.13 bits per heavy atom. The predicted octanol–water partition coefficient (Wildman–Crippen LogP) is 0.426. The molecule has 1 saturated carbocycles. The van der Waals surface area contributed by atoms with Gasteiger partial charge in [-0.3, -0.25) is 4.39 Å². The van der Waals surface area contributed by atoms with Gasteiger partial charge in [0.15, 0.2) is 0 Å². The smallest absolute Gasteiger partial charge is 0.211 e. The molecule has 0 aromatic carbocycles. The summed E-state index contributed by atoms with van der Waals surface area (Å²) in [6, 6.07) is 0. The first-order valence-electron chi connectivity index (χ1n) is 5.26. The molecule has 90 valence electrons. The molecule has 0 bridgehead atoms. The minimum absolute atomic E-state index is 0.0187. The van der Waals surface area contributed by atoms with Crippen LogP contribution in [0.3, 0.4) is 0 Å². The van der Waals surface area contributed by atoms with Gasteiger partial charge < -0.3 is 5.11 Å². The Bertz CT molecular complexity index is 281. The summed E-state index contributed by atoms with van der Waals surface area (Å²) >= 11 is 0. The first kappa shape index (κ1) is 12.9. The molecule has 2 atom stereocenters. The summed E-state index contributed by atoms with van der Waals surface area (Å²) in [7, 11) is -3.36. The molecule has 1 aliphatic rings. The summed E-state index contributed by atoms with van der Waals surface area (Å²) in [5.74, 6) is -0.156. The summed E-state index contributed by atoms with van der Waals surface area (Å²) in [6.07, 6.45) is 2.18. The molecule has 0 aromatic heterocycles. The van der Waals surface area contributed by atoms with Crippen molar-refractivity contribution >= 4 is 10.0 Å². The summed E-state index contributed by atoms with van der Waals surface area (Å²) in [5.41, 5.74) is 0. The van der Waals surface area contributed by atoms with Crippen LogP contribution in [0, 0.1) is 5.92 Å². The van der Waals surface area contributed by atoms with E-state index in [2.05, 4.69) is 4.72 Å². The molecule has 0 radical (unpaired) electrons. The molecule has 0 spiro atoms. The molecule has 2 N–H and O–H groups in total. The Kier molecular flexibility index (Phi) is 4.95. The van der Waals surface area contributed by atoms with Crippen LogP contribution < -0.4 is 4.72 Å². The Balaban J connectivity index is 2.29. The fourth-order valence-electron chi connectivity index (χ4n) is 1.81. The van der Waals surface area contributed by atoms with Crippen molar-refractivity contribution in [3.8, 4) is 0 Å². The SMILES string of the molecule is O=S(=O)(CCCF)NCC1CCCC1O. The van der Waals surface area contributed by atoms with Crippen LogP contribution in [-0.4, -0.2) is 38.6 Å². The second-order valence-corrected chi connectivity index (χ2v) is 5.89. The third-order valence-electron chi connectivity index (χ3n) is 2.73. The number of hydrogen-bond donors (Lipinski definition) is 2. The van der Waals surface area contributed by atoms with E-state index in [0.29, 0.717) is 0 Å². The highest BCUT2D eigenvalue weighted by Gasteiger charge is 2.26. The third kappa shape index (κ3) is 4.44. The average Bonchev–Trinajstić information content (AvgIpc) is 2.58. The zero-order valence-electron chi connectivity index (χ0n) is 8.65. The monoisotopic (exact) mass is 239 g/mol. The molecule has 0 aromatic rings. The van der Waals surface area contributed by atoms with E-state index < -0.39 is 22.8 Å². The molecular formula is C9H18FNO3S. The van der Waals surface area contributed by atoms with Crippen molar-refractivity contribution in [2.75, 3.05) is 19.0 Å². The van der Waals surface area contributed by atoms with E-state index in [0.717, 1.165) is 19.3 Å². The molecule has 0 heterocycles. The van der Waals surface area contributed by atoms with Gasteiger partial charge in [0, 0.05) is 6.54 Å². The van der Waals surface area contributed by atoms with Crippen molar-refractivity contribution in [2.24, 2.45) is 5.92 Å². The maximum Gasteiger partial charge on any atom is 0.211 e. The van der Waals surface area contributed by atoms with Crippen molar-refractivity contribution in [1.82, 2.24) is 4.72 Å². The van der Waals surface area contributed by atoms with Gasteiger partial charge in [-0.2, -0.15) is 0 Å². The van der Waals surface area contributed by atoms with Gasteiger partial charge in [-0.1, -0.05) is 6.42 Å². The lowest BCUT2D eigenvalue weighted by atomic mass is 10.1. The summed E-state index contributed by atoms with van der Waals surface area (Å²) in [6.45, 7) is -0.344. The van der Waals surface area contributed by atoms with E-state index in [-0.39, 0.29) is 24.6 Å². The van der Waals surface area contributed by atoms with Crippen molar-refractivity contribution in [2.45, 2.75) is 31.8 Å². The molecule has 6 heteroatoms. The van der Waals surface area contributed by atoms with Crippen LogP contribution in [-0.2, 0) is 10.0 Å². The zero-order chi connectivity index (χ0) is 11.3. The number of aliphatic hydroxyl groups is 1. The predicted molar refractivity (Wildman–Crippen MR) is 55.7 cm³/mol. The third-order valence-corrected chi connectivity index (χ3v) is 4.16. The van der Waals surface area contributed by atoms with E-state index in [4.69, 9.17) is 0 Å². The lowest BCUT2D eigenvalue weighted by Crippen LogP contribution is -2.34. The zero-order valence-corrected chi connectivity index (χ0v) is 9.47. The lowest BCUT2D eigenvalue weighted by molar-refractivity contribution is 0.134. The summed E-state index contributed by atoms with van der Waals surface area (Å²) in [4.78, 5) is 0. The van der Waals surface area contributed by atoms with Crippen LogP contribution in [0.15, 0.2) is 0 Å². The lowest BCUT2D eigenvalue weighted by Gasteiger charge is -2.14. The van der Waals surface area contributed by atoms with Crippen LogP contribution in [0.1, 0.15) is 25.7 Å². The van der Waals surface area contributed by atoms with E-state index in [1.165, 1.54) is 0 Å². The van der Waals surface area contributed by atoms with Gasteiger partial charge in [-0.05, 0) is 25.2 Å². The van der Waals surface area contributed by atoms with Crippen molar-refractivity contribution in [3.05, 3.63) is 0 Å². The highest BCUT2D eigenvalue weighted by Crippen LogP contribution is 2.24. The first-order valence-corrected chi connectivity index (χ1v) is 6.92. The van der Waals surface area contributed by atoms with Gasteiger partial charge in [0.2, 0.25) is 10.0 Å². The molecule has 2 unspecified atom stereocenters. The standard InChI is InChI=1S/C9H18FNO3S/c10-5-2-6-15(13,14)11-7-8-3-1-4-9(8)12/h8-9,11-12H,1-7H2. The van der Waals surface area contributed by atoms with Gasteiger partial charge >= 0.3 is 0 Å². The van der Waals surface area contributed by atoms with Gasteiger partial charge in [-0.25, -0.2) is 13.1 Å². The molecule has 1 fully saturated rings. The Hall–Kier alpha value is -0.200. The molecular weight excluding hydrogens is 221 g/mol. The second kappa shape index (κ2) is 5.77. The van der Waals surface area contributed by atoms with Crippen LogP contribution in [0.4, 0.5) is 4.39 Å². The average molecular weight is 239 g/mol. The van der Waals surface area contributed by atoms with Crippen molar-refractivity contribution in [1.29, 1.82) is 0 Å². The quantitative estimate of drug-likeness (QED) is 0.706. The second-order valence-electron chi connectivity index (χ2n) is 3.97. The van der Waals surface area contributed by atoms with Crippen LogP contribution in [0.25, 0.3) is 0 Å². The van der Waals surface area contributed by atoms with Crippen LogP contribution in [0.5, 0.6) is 0 Å². The number of halogens is 1. The molecule has 0 aliphatic heterocycles. The topological polar surface area (TPSA) is 66.4 Å². The fraction of sp³-hybridized carbons (Fsp3) is 1.00. The van der Waals surface area contributed by atoms with Gasteiger partial charge in [0.25, 0.3) is 0 Å². The van der Waals surface area contributed by atoms with E-state index in [1.807, 2.05) is 0 Å². The number of rotatable bonds is 6. The number of sulfonamides is 1. The minimum Gasteiger partial charge on any atom is -0.393 e. The highest BCUT2D eigenvalue weighted by atomic mass is 32.2. The maximum absolute atomic E-state index is 11.8. The Labute approximate surface area is 89.9 Å². The molecule has 0 saturated heterocycles. The normalized spacial score (nSPS) is 27.1. The number of aliphatic hydroxyl groups excluding tert-OH is 1. The van der Waals surface area contributed by atoms with Gasteiger partial charge in [-0.15, -0.1) is 0 Å². The summed E-state index contributed by atoms with van der Waals surface area (Å²) in [5, 5.41) is 9.47. The van der Waals surface area contributed by atoms with Gasteiger partial charge in [0.05, 0.1) is 18.5 Å². The largest absolute Gasteiger partial charge is 0.393 e. The van der Waals surface area contributed by atoms with Crippen molar-refractivity contribution in [3.63, 3.8) is 0 Å². The van der Waals surface area contributed by atoms with Crippen LogP contribution >= 0.6 is 0 Å². The number of nitrogens with one attached hydrogen (secondary N) is 1. The Morgan fingerprint density at radius 3 is 2.67 bits per heavy atom. The summed E-state index contributed by atoms with van der Waals surface area (Å²) < 4.78 is 36.8. The van der Waals surface area contributed by atoms with E-state index in [9.17, 15) is 17.9 Å². The molecule has 0 amide bonds. The minimum atomic E-state index is -3.36. The molecule has 4 nitrogen and oxygen atoms in total. The molecule has 1 rings (SSSR count). The maximum atomic E-state index is 11.8. The van der Waals surface area contributed by atoms with Gasteiger partial charge in [0.1, 0.15) is 0 Å². The van der Waals surface area contributed by atoms with E-state index >= 15 is 0 Å². The van der Waals surface area contributed by atoms with E-state index in [1.54, 1.807) is 0 Å². The number of alkyl halides is 1. The molecule has 15 heavy (non-hydrogen) atoms. The fourth-order valence-corrected chi connectivity index (χ4v) is 2.91.